The van der Waals surface area contributed by atoms with E-state index in [1.807, 2.05) is 26.0 Å². The first-order valence-corrected chi connectivity index (χ1v) is 14.5. The van der Waals surface area contributed by atoms with Gasteiger partial charge in [0.05, 0.1) is 7.11 Å². The van der Waals surface area contributed by atoms with Crippen molar-refractivity contribution in [3.8, 4) is 5.75 Å². The average molecular weight is 574 g/mol. The van der Waals surface area contributed by atoms with Gasteiger partial charge in [-0.05, 0) is 49.3 Å². The fourth-order valence-corrected chi connectivity index (χ4v) is 5.30. The van der Waals surface area contributed by atoms with Crippen LogP contribution in [0.1, 0.15) is 70.8 Å². The standard InChI is InChI=1S/C29H43N5O7/c1-4-18(2)25-29(39)34-16-8-10-23(34)28(38)30-21(9-6-5-7-11-24(35)33-40)26(36)31-22(27(37)32-25)17-19-12-14-20(41-3)15-13-19/h12-15,18,21-23,25,40H,4-11,16-17H2,1-3H3,(H,30,38)(H,31,36)(H,32,37)(H,33,35)/t18-,21+,22-,23-,25+/m1/s1. The molecule has 0 radical (unpaired) electrons. The highest BCUT2D eigenvalue weighted by Gasteiger charge is 2.41. The van der Waals surface area contributed by atoms with Crippen molar-refractivity contribution >= 4 is 29.5 Å². The van der Waals surface area contributed by atoms with Crippen LogP contribution in [0.2, 0.25) is 0 Å². The molecule has 5 N–H and O–H groups in total. The summed E-state index contributed by atoms with van der Waals surface area (Å²) in [6.45, 7) is 4.22. The SMILES string of the molecule is CC[C@@H](C)[C@@H]1NC(=O)[C@@H](Cc2ccc(OC)cc2)NC(=O)[C@H](CCCCCC(=O)NO)NC(=O)[C@H]2CCCN2C1=O. The van der Waals surface area contributed by atoms with E-state index >= 15 is 0 Å². The quantitative estimate of drug-likeness (QED) is 0.151. The molecule has 41 heavy (non-hydrogen) atoms. The molecule has 2 fully saturated rings. The number of hydrogen-bond acceptors (Lipinski definition) is 7. The number of amides is 5. The highest BCUT2D eigenvalue weighted by Crippen LogP contribution is 2.23. The predicted octanol–water partition coefficient (Wildman–Crippen LogP) is 1.20. The molecule has 2 aliphatic heterocycles. The number of nitrogens with one attached hydrogen (secondary N) is 4. The van der Waals surface area contributed by atoms with E-state index in [0.717, 1.165) is 5.56 Å². The Hall–Kier alpha value is -3.67. The summed E-state index contributed by atoms with van der Waals surface area (Å²) < 4.78 is 5.22. The minimum Gasteiger partial charge on any atom is -0.497 e. The molecule has 0 bridgehead atoms. The number of hydroxylamine groups is 1. The van der Waals surface area contributed by atoms with Crippen molar-refractivity contribution in [2.24, 2.45) is 5.92 Å². The number of carbonyl (C=O) groups excluding carboxylic acids is 5. The van der Waals surface area contributed by atoms with Crippen LogP contribution < -0.4 is 26.2 Å². The lowest BCUT2D eigenvalue weighted by Crippen LogP contribution is -2.62. The number of hydrogen-bond donors (Lipinski definition) is 5. The van der Waals surface area contributed by atoms with Crippen molar-refractivity contribution in [2.75, 3.05) is 13.7 Å². The molecule has 3 rings (SSSR count). The Kier molecular flexibility index (Phi) is 11.9. The van der Waals surface area contributed by atoms with E-state index in [-0.39, 0.29) is 31.1 Å². The van der Waals surface area contributed by atoms with Gasteiger partial charge < -0.3 is 25.6 Å². The molecule has 2 aliphatic rings. The van der Waals surface area contributed by atoms with Crippen LogP contribution in [0.15, 0.2) is 24.3 Å². The van der Waals surface area contributed by atoms with Crippen molar-refractivity contribution in [3.05, 3.63) is 29.8 Å². The fourth-order valence-electron chi connectivity index (χ4n) is 5.30. The van der Waals surface area contributed by atoms with E-state index in [1.165, 1.54) is 4.90 Å². The van der Waals surface area contributed by atoms with Gasteiger partial charge in [-0.3, -0.25) is 29.2 Å². The molecule has 226 valence electrons. The lowest BCUT2D eigenvalue weighted by Gasteiger charge is -2.34. The number of ether oxygens (including phenoxy) is 1. The Labute approximate surface area is 240 Å². The monoisotopic (exact) mass is 573 g/mol. The number of benzene rings is 1. The van der Waals surface area contributed by atoms with Gasteiger partial charge in [0.25, 0.3) is 0 Å². The Morgan fingerprint density at radius 2 is 1.71 bits per heavy atom. The lowest BCUT2D eigenvalue weighted by molar-refractivity contribution is -0.144. The lowest BCUT2D eigenvalue weighted by atomic mass is 9.95. The third kappa shape index (κ3) is 8.66. The summed E-state index contributed by atoms with van der Waals surface area (Å²) in [6, 6.07) is 3.68. The average Bonchev–Trinajstić information content (AvgIpc) is 3.48. The van der Waals surface area contributed by atoms with E-state index < -0.39 is 47.8 Å². The zero-order chi connectivity index (χ0) is 29.9. The first kappa shape index (κ1) is 31.9. The molecular formula is C29H43N5O7. The normalized spacial score (nSPS) is 24.2. The van der Waals surface area contributed by atoms with E-state index in [0.29, 0.717) is 50.8 Å². The minimum absolute atomic E-state index is 0.139. The number of methoxy groups -OCH3 is 1. The molecule has 2 saturated heterocycles. The van der Waals surface area contributed by atoms with Crippen LogP contribution in [0.4, 0.5) is 0 Å². The summed E-state index contributed by atoms with van der Waals surface area (Å²) in [4.78, 5) is 67.2. The van der Waals surface area contributed by atoms with Gasteiger partial charge in [0.15, 0.2) is 0 Å². The molecule has 12 heteroatoms. The van der Waals surface area contributed by atoms with Gasteiger partial charge in [0.2, 0.25) is 29.5 Å². The molecule has 0 spiro atoms. The van der Waals surface area contributed by atoms with Crippen LogP contribution in [0, 0.1) is 5.92 Å². The summed E-state index contributed by atoms with van der Waals surface area (Å²) in [5.41, 5.74) is 2.38. The van der Waals surface area contributed by atoms with E-state index in [4.69, 9.17) is 9.94 Å². The molecule has 5 atom stereocenters. The maximum Gasteiger partial charge on any atom is 0.246 e. The Balaban J connectivity index is 1.88. The maximum atomic E-state index is 13.7. The van der Waals surface area contributed by atoms with Crippen LogP contribution >= 0.6 is 0 Å². The number of nitrogens with zero attached hydrogens (tertiary/aromatic N) is 1. The van der Waals surface area contributed by atoms with Crippen molar-refractivity contribution in [1.82, 2.24) is 26.3 Å². The molecule has 1 aromatic carbocycles. The van der Waals surface area contributed by atoms with Crippen LogP contribution in [-0.4, -0.2) is 77.5 Å². The second kappa shape index (κ2) is 15.4. The van der Waals surface area contributed by atoms with Gasteiger partial charge >= 0.3 is 0 Å². The van der Waals surface area contributed by atoms with Gasteiger partial charge in [-0.2, -0.15) is 0 Å². The first-order chi connectivity index (χ1) is 19.7. The topological polar surface area (TPSA) is 166 Å². The second-order valence-corrected chi connectivity index (χ2v) is 10.9. The minimum atomic E-state index is -0.989. The molecular weight excluding hydrogens is 530 g/mol. The molecule has 0 saturated carbocycles. The highest BCUT2D eigenvalue weighted by molar-refractivity contribution is 5.98. The largest absolute Gasteiger partial charge is 0.497 e. The zero-order valence-corrected chi connectivity index (χ0v) is 24.1. The van der Waals surface area contributed by atoms with Crippen molar-refractivity contribution in [1.29, 1.82) is 0 Å². The third-order valence-electron chi connectivity index (χ3n) is 8.00. The number of rotatable bonds is 11. The van der Waals surface area contributed by atoms with Crippen molar-refractivity contribution < 1.29 is 33.9 Å². The van der Waals surface area contributed by atoms with Crippen molar-refractivity contribution in [2.45, 2.75) is 95.8 Å². The van der Waals surface area contributed by atoms with Gasteiger partial charge in [-0.15, -0.1) is 0 Å². The number of fused-ring (bicyclic) bond motifs is 1. The second-order valence-electron chi connectivity index (χ2n) is 10.9. The Morgan fingerprint density at radius 1 is 1.02 bits per heavy atom. The van der Waals surface area contributed by atoms with Crippen LogP contribution in [-0.2, 0) is 30.4 Å². The van der Waals surface area contributed by atoms with E-state index in [1.54, 1.807) is 24.7 Å². The van der Waals surface area contributed by atoms with Gasteiger partial charge in [-0.25, -0.2) is 5.48 Å². The summed E-state index contributed by atoms with van der Waals surface area (Å²) >= 11 is 0. The smallest absolute Gasteiger partial charge is 0.246 e. The van der Waals surface area contributed by atoms with Crippen LogP contribution in [0.3, 0.4) is 0 Å². The fraction of sp³-hybridized carbons (Fsp3) is 0.621. The first-order valence-electron chi connectivity index (χ1n) is 14.5. The summed E-state index contributed by atoms with van der Waals surface area (Å²) in [5.74, 6) is -1.66. The molecule has 0 unspecified atom stereocenters. The molecule has 0 aliphatic carbocycles. The molecule has 12 nitrogen and oxygen atoms in total. The highest BCUT2D eigenvalue weighted by atomic mass is 16.5. The van der Waals surface area contributed by atoms with Crippen LogP contribution in [0.5, 0.6) is 5.75 Å². The Morgan fingerprint density at radius 3 is 2.37 bits per heavy atom. The van der Waals surface area contributed by atoms with Gasteiger partial charge in [0.1, 0.15) is 29.9 Å². The van der Waals surface area contributed by atoms with Gasteiger partial charge in [-0.1, -0.05) is 45.2 Å². The Bertz CT molecular complexity index is 1080. The number of carbonyl (C=O) groups is 5. The summed E-state index contributed by atoms with van der Waals surface area (Å²) in [5, 5.41) is 17.3. The molecule has 0 aromatic heterocycles. The number of unbranched alkanes of at least 4 members (excludes halogenated alkanes) is 2. The molecule has 5 amide bonds. The molecule has 2 heterocycles. The predicted molar refractivity (Wildman–Crippen MR) is 150 cm³/mol. The zero-order valence-electron chi connectivity index (χ0n) is 24.1. The maximum absolute atomic E-state index is 13.7. The third-order valence-corrected chi connectivity index (χ3v) is 8.00. The summed E-state index contributed by atoms with van der Waals surface area (Å²) in [7, 11) is 1.56. The van der Waals surface area contributed by atoms with E-state index in [2.05, 4.69) is 16.0 Å². The van der Waals surface area contributed by atoms with Crippen LogP contribution in [0.25, 0.3) is 0 Å². The molecule has 1 aromatic rings. The summed E-state index contributed by atoms with van der Waals surface area (Å²) in [6.07, 6.45) is 3.97. The van der Waals surface area contributed by atoms with Crippen molar-refractivity contribution in [3.63, 3.8) is 0 Å². The van der Waals surface area contributed by atoms with Gasteiger partial charge in [0, 0.05) is 19.4 Å². The van der Waals surface area contributed by atoms with E-state index in [9.17, 15) is 24.0 Å².